The molecule has 1 aliphatic rings. The van der Waals surface area contributed by atoms with Crippen LogP contribution >= 0.6 is 0 Å². The van der Waals surface area contributed by atoms with Crippen LogP contribution in [0.5, 0.6) is 11.6 Å². The second kappa shape index (κ2) is 9.91. The van der Waals surface area contributed by atoms with Crippen molar-refractivity contribution in [2.45, 2.75) is 44.7 Å². The summed E-state index contributed by atoms with van der Waals surface area (Å²) in [6, 6.07) is 24.0. The van der Waals surface area contributed by atoms with Crippen LogP contribution in [-0.4, -0.2) is 28.0 Å². The number of anilines is 1. The van der Waals surface area contributed by atoms with E-state index in [0.717, 1.165) is 48.0 Å². The standard InChI is InChI=1S/C28H28N4O2/c1-19-6-4-8-23(18-19)34-28-24(9-5-17-29-28)27(33)31-22-14-12-21(13-15-22)30-26-16-11-20-7-2-3-10-25(20)32-26/h2-11,16-18,21-22H,12-15H2,1H3,(H,30,32)(H,31,33). The van der Waals surface area contributed by atoms with Crippen molar-refractivity contribution in [3.05, 3.63) is 90.1 Å². The molecule has 1 amide bonds. The Morgan fingerprint density at radius 2 is 1.74 bits per heavy atom. The van der Waals surface area contributed by atoms with Gasteiger partial charge in [0.15, 0.2) is 0 Å². The summed E-state index contributed by atoms with van der Waals surface area (Å²) in [5.74, 6) is 1.74. The van der Waals surface area contributed by atoms with E-state index in [4.69, 9.17) is 9.72 Å². The summed E-state index contributed by atoms with van der Waals surface area (Å²) >= 11 is 0. The fourth-order valence-electron chi connectivity index (χ4n) is 4.44. The largest absolute Gasteiger partial charge is 0.438 e. The van der Waals surface area contributed by atoms with Gasteiger partial charge in [-0.3, -0.25) is 4.79 Å². The molecule has 0 saturated heterocycles. The first-order valence-corrected chi connectivity index (χ1v) is 11.8. The van der Waals surface area contributed by atoms with Crippen molar-refractivity contribution in [2.75, 3.05) is 5.32 Å². The summed E-state index contributed by atoms with van der Waals surface area (Å²) in [4.78, 5) is 22.1. The predicted molar refractivity (Wildman–Crippen MR) is 134 cm³/mol. The normalized spacial score (nSPS) is 17.8. The van der Waals surface area contributed by atoms with Gasteiger partial charge in [0.05, 0.1) is 5.52 Å². The molecule has 6 nitrogen and oxygen atoms in total. The monoisotopic (exact) mass is 452 g/mol. The Kier molecular flexibility index (Phi) is 6.38. The lowest BCUT2D eigenvalue weighted by Crippen LogP contribution is -2.40. The highest BCUT2D eigenvalue weighted by molar-refractivity contribution is 5.96. The average Bonchev–Trinajstić information content (AvgIpc) is 2.85. The van der Waals surface area contributed by atoms with Gasteiger partial charge in [-0.25, -0.2) is 9.97 Å². The number of hydrogen-bond acceptors (Lipinski definition) is 5. The number of para-hydroxylation sites is 1. The van der Waals surface area contributed by atoms with E-state index >= 15 is 0 Å². The molecule has 172 valence electrons. The van der Waals surface area contributed by atoms with Gasteiger partial charge in [-0.2, -0.15) is 0 Å². The molecule has 2 heterocycles. The molecule has 4 aromatic rings. The number of ether oxygens (including phenoxy) is 1. The van der Waals surface area contributed by atoms with Gasteiger partial charge in [0.2, 0.25) is 5.88 Å². The third kappa shape index (κ3) is 5.17. The number of aryl methyl sites for hydroxylation is 1. The Morgan fingerprint density at radius 1 is 0.912 bits per heavy atom. The highest BCUT2D eigenvalue weighted by atomic mass is 16.5. The maximum atomic E-state index is 13.0. The molecule has 5 rings (SSSR count). The molecule has 2 aromatic heterocycles. The Balaban J connectivity index is 1.17. The summed E-state index contributed by atoms with van der Waals surface area (Å²) in [5, 5.41) is 7.88. The molecular formula is C28H28N4O2. The zero-order valence-corrected chi connectivity index (χ0v) is 19.2. The van der Waals surface area contributed by atoms with Crippen LogP contribution in [0.1, 0.15) is 41.6 Å². The van der Waals surface area contributed by atoms with Crippen LogP contribution in [0.25, 0.3) is 10.9 Å². The molecule has 0 spiro atoms. The van der Waals surface area contributed by atoms with Crippen LogP contribution in [0.4, 0.5) is 5.82 Å². The third-order valence-electron chi connectivity index (χ3n) is 6.23. The second-order valence-corrected chi connectivity index (χ2v) is 8.83. The minimum absolute atomic E-state index is 0.127. The smallest absolute Gasteiger partial charge is 0.257 e. The summed E-state index contributed by atoms with van der Waals surface area (Å²) in [5.41, 5.74) is 2.53. The van der Waals surface area contributed by atoms with Gasteiger partial charge < -0.3 is 15.4 Å². The minimum atomic E-state index is -0.150. The van der Waals surface area contributed by atoms with Crippen LogP contribution in [0.2, 0.25) is 0 Å². The highest BCUT2D eigenvalue weighted by Gasteiger charge is 2.24. The Morgan fingerprint density at radius 3 is 2.59 bits per heavy atom. The van der Waals surface area contributed by atoms with Crippen molar-refractivity contribution in [3.8, 4) is 11.6 Å². The summed E-state index contributed by atoms with van der Waals surface area (Å²) in [6.45, 7) is 2.00. The average molecular weight is 453 g/mol. The molecule has 1 fully saturated rings. The van der Waals surface area contributed by atoms with E-state index in [9.17, 15) is 4.79 Å². The van der Waals surface area contributed by atoms with Gasteiger partial charge in [0, 0.05) is 23.7 Å². The molecule has 2 aromatic carbocycles. The lowest BCUT2D eigenvalue weighted by molar-refractivity contribution is 0.0923. The third-order valence-corrected chi connectivity index (χ3v) is 6.23. The second-order valence-electron chi connectivity index (χ2n) is 8.83. The number of fused-ring (bicyclic) bond motifs is 1. The minimum Gasteiger partial charge on any atom is -0.438 e. The number of carbonyl (C=O) groups is 1. The van der Waals surface area contributed by atoms with Crippen molar-refractivity contribution in [1.82, 2.24) is 15.3 Å². The van der Waals surface area contributed by atoms with Gasteiger partial charge in [-0.15, -0.1) is 0 Å². The molecule has 2 N–H and O–H groups in total. The Bertz CT molecular complexity index is 1300. The fourth-order valence-corrected chi connectivity index (χ4v) is 4.44. The molecule has 6 heteroatoms. The summed E-state index contributed by atoms with van der Waals surface area (Å²) in [7, 11) is 0. The van der Waals surface area contributed by atoms with E-state index < -0.39 is 0 Å². The Hall–Kier alpha value is -3.93. The molecule has 0 unspecified atom stereocenters. The lowest BCUT2D eigenvalue weighted by atomic mass is 9.91. The quantitative estimate of drug-likeness (QED) is 0.382. The molecule has 1 saturated carbocycles. The number of nitrogens with zero attached hydrogens (tertiary/aromatic N) is 2. The number of pyridine rings is 2. The van der Waals surface area contributed by atoms with Crippen molar-refractivity contribution >= 4 is 22.6 Å². The van der Waals surface area contributed by atoms with Crippen molar-refractivity contribution in [1.29, 1.82) is 0 Å². The van der Waals surface area contributed by atoms with Gasteiger partial charge in [-0.1, -0.05) is 30.3 Å². The van der Waals surface area contributed by atoms with Crippen LogP contribution < -0.4 is 15.4 Å². The van der Waals surface area contributed by atoms with E-state index in [2.05, 4.69) is 27.8 Å². The number of rotatable bonds is 6. The SMILES string of the molecule is Cc1cccc(Oc2ncccc2C(=O)NC2CCC(Nc3ccc4ccccc4n3)CC2)c1. The molecule has 0 atom stereocenters. The number of nitrogens with one attached hydrogen (secondary N) is 2. The van der Waals surface area contributed by atoms with Crippen LogP contribution in [-0.2, 0) is 0 Å². The van der Waals surface area contributed by atoms with E-state index in [-0.39, 0.29) is 11.9 Å². The van der Waals surface area contributed by atoms with E-state index in [1.54, 1.807) is 18.3 Å². The summed E-state index contributed by atoms with van der Waals surface area (Å²) < 4.78 is 5.93. The highest BCUT2D eigenvalue weighted by Crippen LogP contribution is 2.26. The first-order chi connectivity index (χ1) is 16.6. The lowest BCUT2D eigenvalue weighted by Gasteiger charge is -2.30. The number of amides is 1. The number of benzene rings is 2. The van der Waals surface area contributed by atoms with Crippen molar-refractivity contribution in [2.24, 2.45) is 0 Å². The maximum absolute atomic E-state index is 13.0. The topological polar surface area (TPSA) is 76.1 Å². The predicted octanol–water partition coefficient (Wildman–Crippen LogP) is 5.88. The maximum Gasteiger partial charge on any atom is 0.257 e. The van der Waals surface area contributed by atoms with Gasteiger partial charge >= 0.3 is 0 Å². The number of aromatic nitrogens is 2. The van der Waals surface area contributed by atoms with Gasteiger partial charge in [0.1, 0.15) is 17.1 Å². The van der Waals surface area contributed by atoms with Crippen molar-refractivity contribution < 1.29 is 9.53 Å². The molecule has 0 bridgehead atoms. The van der Waals surface area contributed by atoms with Crippen LogP contribution in [0, 0.1) is 6.92 Å². The molecule has 0 radical (unpaired) electrons. The Labute approximate surface area is 199 Å². The van der Waals surface area contributed by atoms with Gasteiger partial charge in [-0.05, 0) is 80.6 Å². The van der Waals surface area contributed by atoms with E-state index in [1.165, 1.54) is 0 Å². The molecule has 1 aliphatic carbocycles. The van der Waals surface area contributed by atoms with E-state index in [1.807, 2.05) is 55.5 Å². The summed E-state index contributed by atoms with van der Waals surface area (Å²) in [6.07, 6.45) is 5.40. The van der Waals surface area contributed by atoms with Crippen LogP contribution in [0.3, 0.4) is 0 Å². The van der Waals surface area contributed by atoms with Crippen LogP contribution in [0.15, 0.2) is 79.0 Å². The molecular weight excluding hydrogens is 424 g/mol. The van der Waals surface area contributed by atoms with E-state index in [0.29, 0.717) is 23.2 Å². The fraction of sp³-hybridized carbons (Fsp3) is 0.250. The first-order valence-electron chi connectivity index (χ1n) is 11.8. The van der Waals surface area contributed by atoms with Gasteiger partial charge in [0.25, 0.3) is 5.91 Å². The number of hydrogen-bond donors (Lipinski definition) is 2. The molecule has 0 aliphatic heterocycles. The number of carbonyl (C=O) groups excluding carboxylic acids is 1. The zero-order chi connectivity index (χ0) is 23.3. The van der Waals surface area contributed by atoms with Crippen molar-refractivity contribution in [3.63, 3.8) is 0 Å². The molecule has 34 heavy (non-hydrogen) atoms. The first kappa shape index (κ1) is 21.9. The zero-order valence-electron chi connectivity index (χ0n) is 19.2.